The van der Waals surface area contributed by atoms with E-state index in [1.54, 1.807) is 17.5 Å². The van der Waals surface area contributed by atoms with Crippen LogP contribution in [0.15, 0.2) is 34.5 Å². The van der Waals surface area contributed by atoms with Crippen LogP contribution in [0.5, 0.6) is 5.75 Å². The van der Waals surface area contributed by atoms with Crippen LogP contribution in [0.25, 0.3) is 0 Å². The first-order chi connectivity index (χ1) is 9.36. The van der Waals surface area contributed by atoms with E-state index in [0.717, 1.165) is 17.6 Å². The average molecular weight is 313 g/mol. The molecule has 0 radical (unpaired) electrons. The van der Waals surface area contributed by atoms with Crippen molar-refractivity contribution in [3.8, 4) is 5.75 Å². The molecule has 0 bridgehead atoms. The lowest BCUT2D eigenvalue weighted by Crippen LogP contribution is -2.00. The standard InChI is InChI=1S/C12H11NO5S2/c1-20(16,17)10-4-2-9(3-5-10)18-6-8-7-19-11(13-8)12(14)15/h2-5,7H,6H2,1H3,(H,14,15). The molecule has 0 saturated heterocycles. The van der Waals surface area contributed by atoms with Crippen molar-refractivity contribution < 1.29 is 23.1 Å². The van der Waals surface area contributed by atoms with Gasteiger partial charge in [0.2, 0.25) is 5.01 Å². The highest BCUT2D eigenvalue weighted by atomic mass is 32.2. The Labute approximate surface area is 119 Å². The van der Waals surface area contributed by atoms with E-state index < -0.39 is 15.8 Å². The maximum atomic E-state index is 11.3. The minimum Gasteiger partial charge on any atom is -0.487 e. The number of sulfone groups is 1. The van der Waals surface area contributed by atoms with Crippen LogP contribution in [0.1, 0.15) is 15.5 Å². The van der Waals surface area contributed by atoms with Gasteiger partial charge < -0.3 is 9.84 Å². The molecule has 0 aliphatic heterocycles. The van der Waals surface area contributed by atoms with Crippen LogP contribution in [0.2, 0.25) is 0 Å². The first-order valence-corrected chi connectivity index (χ1v) is 8.24. The van der Waals surface area contributed by atoms with Crippen LogP contribution < -0.4 is 4.74 Å². The first kappa shape index (κ1) is 14.5. The zero-order valence-corrected chi connectivity index (χ0v) is 12.1. The van der Waals surface area contributed by atoms with Gasteiger partial charge in [0.25, 0.3) is 0 Å². The molecule has 0 amide bonds. The summed E-state index contributed by atoms with van der Waals surface area (Å²) in [6, 6.07) is 5.99. The van der Waals surface area contributed by atoms with Crippen LogP contribution in [0.4, 0.5) is 0 Å². The number of aromatic nitrogens is 1. The molecule has 1 aromatic carbocycles. The van der Waals surface area contributed by atoms with Crippen LogP contribution in [0, 0.1) is 0 Å². The van der Waals surface area contributed by atoms with Gasteiger partial charge in [-0.15, -0.1) is 11.3 Å². The minimum absolute atomic E-state index is 0.0102. The van der Waals surface area contributed by atoms with Crippen molar-refractivity contribution in [3.63, 3.8) is 0 Å². The highest BCUT2D eigenvalue weighted by Gasteiger charge is 2.10. The Hall–Kier alpha value is -1.93. The van der Waals surface area contributed by atoms with Gasteiger partial charge in [-0.25, -0.2) is 18.2 Å². The van der Waals surface area contributed by atoms with Gasteiger partial charge in [0.05, 0.1) is 10.6 Å². The van der Waals surface area contributed by atoms with Crippen molar-refractivity contribution >= 4 is 27.1 Å². The molecular formula is C12H11NO5S2. The van der Waals surface area contributed by atoms with E-state index in [-0.39, 0.29) is 16.5 Å². The Morgan fingerprint density at radius 1 is 1.35 bits per heavy atom. The number of hydrogen-bond acceptors (Lipinski definition) is 6. The van der Waals surface area contributed by atoms with E-state index in [9.17, 15) is 13.2 Å². The maximum Gasteiger partial charge on any atom is 0.365 e. The number of rotatable bonds is 5. The van der Waals surface area contributed by atoms with Crippen molar-refractivity contribution in [2.75, 3.05) is 6.26 Å². The molecule has 0 aliphatic carbocycles. The summed E-state index contributed by atoms with van der Waals surface area (Å²) in [5, 5.41) is 10.4. The molecule has 0 fully saturated rings. The Balaban J connectivity index is 2.02. The molecule has 6 nitrogen and oxygen atoms in total. The predicted molar refractivity (Wildman–Crippen MR) is 73.0 cm³/mol. The smallest absolute Gasteiger partial charge is 0.365 e. The molecule has 0 aliphatic rings. The van der Waals surface area contributed by atoms with Gasteiger partial charge in [0.1, 0.15) is 12.4 Å². The van der Waals surface area contributed by atoms with Crippen molar-refractivity contribution in [2.45, 2.75) is 11.5 Å². The lowest BCUT2D eigenvalue weighted by atomic mass is 10.3. The second-order valence-corrected chi connectivity index (χ2v) is 6.86. The molecule has 2 aromatic rings. The fourth-order valence-corrected chi connectivity index (χ4v) is 2.68. The predicted octanol–water partition coefficient (Wildman–Crippen LogP) is 1.82. The quantitative estimate of drug-likeness (QED) is 0.905. The lowest BCUT2D eigenvalue weighted by Gasteiger charge is -2.05. The van der Waals surface area contributed by atoms with Crippen LogP contribution in [-0.4, -0.2) is 30.7 Å². The monoisotopic (exact) mass is 313 g/mol. The SMILES string of the molecule is CS(=O)(=O)c1ccc(OCc2csc(C(=O)O)n2)cc1. The molecule has 0 unspecified atom stereocenters. The highest BCUT2D eigenvalue weighted by Crippen LogP contribution is 2.18. The van der Waals surface area contributed by atoms with Gasteiger partial charge in [-0.3, -0.25) is 0 Å². The van der Waals surface area contributed by atoms with E-state index in [0.29, 0.717) is 11.4 Å². The number of hydrogen-bond donors (Lipinski definition) is 1. The minimum atomic E-state index is -3.22. The largest absolute Gasteiger partial charge is 0.487 e. The van der Waals surface area contributed by atoms with Gasteiger partial charge in [0.15, 0.2) is 9.84 Å². The second-order valence-electron chi connectivity index (χ2n) is 3.98. The van der Waals surface area contributed by atoms with Gasteiger partial charge in [0, 0.05) is 11.6 Å². The fraction of sp³-hybridized carbons (Fsp3) is 0.167. The molecule has 0 atom stereocenters. The van der Waals surface area contributed by atoms with E-state index in [1.165, 1.54) is 12.1 Å². The van der Waals surface area contributed by atoms with Gasteiger partial charge in [-0.2, -0.15) is 0 Å². The summed E-state index contributed by atoms with van der Waals surface area (Å²) in [5.74, 6) is -0.582. The molecule has 20 heavy (non-hydrogen) atoms. The van der Waals surface area contributed by atoms with Crippen LogP contribution in [-0.2, 0) is 16.4 Å². The fourth-order valence-electron chi connectivity index (χ4n) is 1.41. The van der Waals surface area contributed by atoms with Crippen molar-refractivity contribution in [1.29, 1.82) is 0 Å². The first-order valence-electron chi connectivity index (χ1n) is 5.47. The molecule has 1 aromatic heterocycles. The zero-order chi connectivity index (χ0) is 14.8. The summed E-state index contributed by atoms with van der Waals surface area (Å²) in [5.41, 5.74) is 0.514. The summed E-state index contributed by atoms with van der Waals surface area (Å²) < 4.78 is 28.0. The number of benzene rings is 1. The molecule has 1 heterocycles. The van der Waals surface area contributed by atoms with E-state index in [1.807, 2.05) is 0 Å². The van der Waals surface area contributed by atoms with E-state index in [2.05, 4.69) is 4.98 Å². The number of aromatic carboxylic acids is 1. The number of carboxylic acid groups (broad SMARTS) is 1. The third-order valence-corrected chi connectivity index (χ3v) is 4.38. The lowest BCUT2D eigenvalue weighted by molar-refractivity contribution is 0.0696. The summed E-state index contributed by atoms with van der Waals surface area (Å²) in [4.78, 5) is 14.8. The topological polar surface area (TPSA) is 93.6 Å². The Morgan fingerprint density at radius 3 is 2.50 bits per heavy atom. The zero-order valence-electron chi connectivity index (χ0n) is 10.4. The maximum absolute atomic E-state index is 11.3. The molecule has 1 N–H and O–H groups in total. The Bertz CT molecular complexity index is 719. The second kappa shape index (κ2) is 5.59. The average Bonchev–Trinajstić information content (AvgIpc) is 2.85. The Morgan fingerprint density at radius 2 is 2.00 bits per heavy atom. The third kappa shape index (κ3) is 3.55. The number of carboxylic acids is 1. The normalized spacial score (nSPS) is 11.2. The van der Waals surface area contributed by atoms with Crippen molar-refractivity contribution in [3.05, 3.63) is 40.3 Å². The summed E-state index contributed by atoms with van der Waals surface area (Å²) >= 11 is 1.03. The third-order valence-electron chi connectivity index (χ3n) is 2.37. The number of thiazole rings is 1. The molecular weight excluding hydrogens is 302 g/mol. The molecule has 0 saturated carbocycles. The summed E-state index contributed by atoms with van der Waals surface area (Å²) in [7, 11) is -3.22. The number of carbonyl (C=O) groups is 1. The van der Waals surface area contributed by atoms with E-state index >= 15 is 0 Å². The Kier molecular flexibility index (Phi) is 4.05. The van der Waals surface area contributed by atoms with Crippen LogP contribution in [0.3, 0.4) is 0 Å². The highest BCUT2D eigenvalue weighted by molar-refractivity contribution is 7.90. The molecule has 2 rings (SSSR count). The van der Waals surface area contributed by atoms with Gasteiger partial charge in [-0.1, -0.05) is 0 Å². The van der Waals surface area contributed by atoms with Crippen molar-refractivity contribution in [2.24, 2.45) is 0 Å². The summed E-state index contributed by atoms with van der Waals surface area (Å²) in [6.45, 7) is 0.127. The van der Waals surface area contributed by atoms with Crippen LogP contribution >= 0.6 is 11.3 Å². The molecule has 0 spiro atoms. The molecule has 106 valence electrons. The number of nitrogens with zero attached hydrogens (tertiary/aromatic N) is 1. The molecule has 8 heteroatoms. The van der Waals surface area contributed by atoms with Crippen molar-refractivity contribution in [1.82, 2.24) is 4.98 Å². The van der Waals surface area contributed by atoms with Gasteiger partial charge in [-0.05, 0) is 24.3 Å². The van der Waals surface area contributed by atoms with Gasteiger partial charge >= 0.3 is 5.97 Å². The van der Waals surface area contributed by atoms with E-state index in [4.69, 9.17) is 9.84 Å². The number of ether oxygens (including phenoxy) is 1. The summed E-state index contributed by atoms with van der Waals surface area (Å²) in [6.07, 6.45) is 1.13.